The van der Waals surface area contributed by atoms with E-state index in [1.807, 2.05) is 0 Å². The fraction of sp³-hybridized carbons (Fsp3) is 0.529. The Balaban J connectivity index is 1.75. The van der Waals surface area contributed by atoms with Crippen molar-refractivity contribution in [2.75, 3.05) is 10.8 Å². The normalized spacial score (nSPS) is 34.3. The van der Waals surface area contributed by atoms with Gasteiger partial charge in [0.1, 0.15) is 0 Å². The van der Waals surface area contributed by atoms with Crippen molar-refractivity contribution in [1.82, 2.24) is 0 Å². The molecule has 0 spiro atoms. The smallest absolute Gasteiger partial charge is 0.270 e. The van der Waals surface area contributed by atoms with Crippen LogP contribution in [0.25, 0.3) is 0 Å². The molecule has 1 heterocycles. The minimum absolute atomic E-state index is 0.0183. The number of alkyl halides is 3. The molecule has 1 aliphatic heterocycles. The molecule has 2 saturated carbocycles. The summed E-state index contributed by atoms with van der Waals surface area (Å²) in [6.07, 6.45) is -3.51. The number of benzene rings is 1. The SMILES string of the molecule is N#Cc1ccc(N2C[C@@H]3C([C@H]4C[C@@H]3[C@H](C#N)C4)S2(=O)=O)cc1C(F)(F)F. The van der Waals surface area contributed by atoms with E-state index in [9.17, 15) is 26.9 Å². The first kappa shape index (κ1) is 17.2. The standard InChI is InChI=1S/C17H14F3N3O2S/c18-17(19,20)15-5-12(2-1-9(15)6-21)23-8-14-13-4-10(3-11(13)7-22)16(14)26(23,24)25/h1-2,5,10-11,13-14,16H,3-4,8H2/t10-,11+,13-,14+,16?/m1/s1. The summed E-state index contributed by atoms with van der Waals surface area (Å²) in [6, 6.07) is 6.72. The number of fused-ring (bicyclic) bond motifs is 5. The second-order valence-corrected chi connectivity index (χ2v) is 9.19. The summed E-state index contributed by atoms with van der Waals surface area (Å²) < 4.78 is 66.6. The largest absolute Gasteiger partial charge is 0.417 e. The molecule has 0 radical (unpaired) electrons. The number of rotatable bonds is 1. The molecule has 1 unspecified atom stereocenters. The van der Waals surface area contributed by atoms with Gasteiger partial charge in [-0.1, -0.05) is 0 Å². The molecule has 26 heavy (non-hydrogen) atoms. The van der Waals surface area contributed by atoms with E-state index in [4.69, 9.17) is 5.26 Å². The zero-order valence-electron chi connectivity index (χ0n) is 13.4. The lowest BCUT2D eigenvalue weighted by molar-refractivity contribution is -0.137. The number of hydrogen-bond acceptors (Lipinski definition) is 4. The summed E-state index contributed by atoms with van der Waals surface area (Å²) in [5.41, 5.74) is -1.75. The van der Waals surface area contributed by atoms with Crippen LogP contribution in [0.4, 0.5) is 18.9 Å². The zero-order chi connectivity index (χ0) is 18.9. The summed E-state index contributed by atoms with van der Waals surface area (Å²) >= 11 is 0. The molecule has 136 valence electrons. The van der Waals surface area contributed by atoms with E-state index in [0.717, 1.165) is 16.4 Å². The first-order chi connectivity index (χ1) is 12.2. The van der Waals surface area contributed by atoms with Gasteiger partial charge >= 0.3 is 6.18 Å². The maximum Gasteiger partial charge on any atom is 0.417 e. The van der Waals surface area contributed by atoms with Crippen molar-refractivity contribution in [2.45, 2.75) is 24.3 Å². The summed E-state index contributed by atoms with van der Waals surface area (Å²) in [6.45, 7) is 0.0928. The third-order valence-corrected chi connectivity index (χ3v) is 8.39. The highest BCUT2D eigenvalue weighted by molar-refractivity contribution is 7.93. The Hall–Kier alpha value is -2.26. The highest BCUT2D eigenvalue weighted by atomic mass is 32.2. The van der Waals surface area contributed by atoms with Gasteiger partial charge in [0.25, 0.3) is 0 Å². The molecular formula is C17H14F3N3O2S. The Kier molecular flexibility index (Phi) is 3.55. The van der Waals surface area contributed by atoms with E-state index in [1.165, 1.54) is 12.1 Å². The molecule has 4 rings (SSSR count). The van der Waals surface area contributed by atoms with Crippen LogP contribution >= 0.6 is 0 Å². The first-order valence-electron chi connectivity index (χ1n) is 8.21. The van der Waals surface area contributed by atoms with Gasteiger partial charge in [0.2, 0.25) is 10.0 Å². The van der Waals surface area contributed by atoms with E-state index in [2.05, 4.69) is 6.07 Å². The van der Waals surface area contributed by atoms with Crippen LogP contribution in [0.5, 0.6) is 0 Å². The van der Waals surface area contributed by atoms with Gasteiger partial charge in [0.15, 0.2) is 0 Å². The third kappa shape index (κ3) is 2.23. The topological polar surface area (TPSA) is 85.0 Å². The van der Waals surface area contributed by atoms with Crippen molar-refractivity contribution >= 4 is 15.7 Å². The van der Waals surface area contributed by atoms with Gasteiger partial charge in [-0.25, -0.2) is 8.42 Å². The van der Waals surface area contributed by atoms with Crippen LogP contribution in [0.1, 0.15) is 24.0 Å². The Labute approximate surface area is 148 Å². The number of sulfonamides is 1. The molecule has 1 aromatic rings. The van der Waals surface area contributed by atoms with E-state index in [-0.39, 0.29) is 35.9 Å². The van der Waals surface area contributed by atoms with Crippen LogP contribution < -0.4 is 4.31 Å². The van der Waals surface area contributed by atoms with Crippen molar-refractivity contribution in [2.24, 2.45) is 23.7 Å². The molecule has 1 saturated heterocycles. The molecule has 9 heteroatoms. The van der Waals surface area contributed by atoms with Gasteiger partial charge in [-0.15, -0.1) is 0 Å². The maximum absolute atomic E-state index is 13.2. The van der Waals surface area contributed by atoms with E-state index < -0.39 is 32.6 Å². The molecule has 3 fully saturated rings. The Morgan fingerprint density at radius 3 is 2.50 bits per heavy atom. The van der Waals surface area contributed by atoms with Crippen molar-refractivity contribution in [3.8, 4) is 12.1 Å². The molecule has 2 aliphatic carbocycles. The molecule has 5 nitrogen and oxygen atoms in total. The Morgan fingerprint density at radius 2 is 1.88 bits per heavy atom. The second kappa shape index (κ2) is 5.37. The van der Waals surface area contributed by atoms with E-state index >= 15 is 0 Å². The van der Waals surface area contributed by atoms with Crippen molar-refractivity contribution in [1.29, 1.82) is 10.5 Å². The zero-order valence-corrected chi connectivity index (χ0v) is 14.3. The summed E-state index contributed by atoms with van der Waals surface area (Å²) in [7, 11) is -3.79. The fourth-order valence-electron chi connectivity index (χ4n) is 5.01. The van der Waals surface area contributed by atoms with Gasteiger partial charge in [-0.05, 0) is 42.9 Å². The minimum atomic E-state index is -4.74. The quantitative estimate of drug-likeness (QED) is 0.749. The number of hydrogen-bond donors (Lipinski definition) is 0. The summed E-state index contributed by atoms with van der Waals surface area (Å²) in [5.74, 6) is -0.531. The number of nitriles is 2. The number of nitrogens with zero attached hydrogens (tertiary/aromatic N) is 3. The van der Waals surface area contributed by atoms with Crippen LogP contribution in [-0.4, -0.2) is 20.2 Å². The summed E-state index contributed by atoms with van der Waals surface area (Å²) in [5, 5.41) is 17.5. The average Bonchev–Trinajstić information content (AvgIpc) is 3.23. The van der Waals surface area contributed by atoms with Crippen molar-refractivity contribution in [3.05, 3.63) is 29.3 Å². The van der Waals surface area contributed by atoms with Crippen molar-refractivity contribution in [3.63, 3.8) is 0 Å². The van der Waals surface area contributed by atoms with Crippen molar-refractivity contribution < 1.29 is 21.6 Å². The highest BCUT2D eigenvalue weighted by Gasteiger charge is 2.63. The summed E-state index contributed by atoms with van der Waals surface area (Å²) in [4.78, 5) is 0. The van der Waals surface area contributed by atoms with Crippen LogP contribution in [0.15, 0.2) is 18.2 Å². The van der Waals surface area contributed by atoms with Gasteiger partial charge in [-0.2, -0.15) is 23.7 Å². The van der Waals surface area contributed by atoms with Crippen LogP contribution in [-0.2, 0) is 16.2 Å². The monoisotopic (exact) mass is 381 g/mol. The molecule has 3 aliphatic rings. The molecule has 0 N–H and O–H groups in total. The highest BCUT2D eigenvalue weighted by Crippen LogP contribution is 2.58. The van der Waals surface area contributed by atoms with E-state index in [0.29, 0.717) is 12.8 Å². The van der Waals surface area contributed by atoms with Gasteiger partial charge in [0.05, 0.1) is 34.2 Å². The first-order valence-corrected chi connectivity index (χ1v) is 9.71. The fourth-order valence-corrected chi connectivity index (χ4v) is 7.53. The number of anilines is 1. The lowest BCUT2D eigenvalue weighted by atomic mass is 9.81. The maximum atomic E-state index is 13.2. The second-order valence-electron chi connectivity index (χ2n) is 7.17. The minimum Gasteiger partial charge on any atom is -0.270 e. The predicted octanol–water partition coefficient (Wildman–Crippen LogP) is 2.89. The van der Waals surface area contributed by atoms with Gasteiger partial charge in [-0.3, -0.25) is 4.31 Å². The number of halogens is 3. The molecular weight excluding hydrogens is 367 g/mol. The van der Waals surface area contributed by atoms with E-state index in [1.54, 1.807) is 0 Å². The molecule has 2 bridgehead atoms. The van der Waals surface area contributed by atoms with Crippen LogP contribution in [0, 0.1) is 46.3 Å². The lowest BCUT2D eigenvalue weighted by Crippen LogP contribution is -2.34. The average molecular weight is 381 g/mol. The molecule has 1 aromatic carbocycles. The lowest BCUT2D eigenvalue weighted by Gasteiger charge is -2.24. The van der Waals surface area contributed by atoms with Crippen LogP contribution in [0.2, 0.25) is 0 Å². The predicted molar refractivity (Wildman–Crippen MR) is 85.0 cm³/mol. The molecule has 0 amide bonds. The Bertz CT molecular complexity index is 961. The Morgan fingerprint density at radius 1 is 1.15 bits per heavy atom. The van der Waals surface area contributed by atoms with Gasteiger partial charge in [0, 0.05) is 18.4 Å². The molecule has 5 atom stereocenters. The van der Waals surface area contributed by atoms with Crippen LogP contribution in [0.3, 0.4) is 0 Å². The van der Waals surface area contributed by atoms with Gasteiger partial charge < -0.3 is 0 Å². The molecule has 0 aromatic heterocycles. The third-order valence-electron chi connectivity index (χ3n) is 6.00.